The van der Waals surface area contributed by atoms with Gasteiger partial charge >= 0.3 is 0 Å². The maximum Gasteiger partial charge on any atom is 0.202 e. The van der Waals surface area contributed by atoms with E-state index in [-0.39, 0.29) is 11.7 Å². The van der Waals surface area contributed by atoms with Gasteiger partial charge in [0.05, 0.1) is 23.3 Å². The van der Waals surface area contributed by atoms with Crippen LogP contribution < -0.4 is 26.6 Å². The Balaban J connectivity index is 1.42. The monoisotopic (exact) mass is 503 g/mol. The van der Waals surface area contributed by atoms with Gasteiger partial charge in [-0.2, -0.15) is 0 Å². The van der Waals surface area contributed by atoms with E-state index in [1.54, 1.807) is 36.4 Å². The van der Waals surface area contributed by atoms with Crippen LogP contribution in [0.4, 0.5) is 0 Å². The Kier molecular flexibility index (Phi) is 8.61. The molecule has 34 heavy (non-hydrogen) atoms. The van der Waals surface area contributed by atoms with Gasteiger partial charge in [0.25, 0.3) is 0 Å². The van der Waals surface area contributed by atoms with Crippen LogP contribution in [0.3, 0.4) is 0 Å². The van der Waals surface area contributed by atoms with Gasteiger partial charge in [0.1, 0.15) is 23.2 Å². The molecule has 0 spiro atoms. The van der Waals surface area contributed by atoms with Crippen molar-refractivity contribution in [2.45, 2.75) is 25.9 Å². The van der Waals surface area contributed by atoms with E-state index in [2.05, 4.69) is 0 Å². The third kappa shape index (κ3) is 6.55. The molecule has 0 aliphatic heterocycles. The lowest BCUT2D eigenvalue weighted by atomic mass is 10.2. The Morgan fingerprint density at radius 3 is 1.53 bits per heavy atom. The number of hydrogen-bond donors (Lipinski definition) is 5. The van der Waals surface area contributed by atoms with Gasteiger partial charge in [0.15, 0.2) is 0 Å². The average molecular weight is 504 g/mol. The smallest absolute Gasteiger partial charge is 0.202 e. The molecular weight excluding hydrogens is 477 g/mol. The molecule has 0 saturated carbocycles. The molecule has 3 rings (SSSR count). The molecule has 0 aliphatic carbocycles. The fraction of sp³-hybridized carbons (Fsp3) is 0.261. The molecule has 0 amide bonds. The predicted octanol–water partition coefficient (Wildman–Crippen LogP) is 3.58. The van der Waals surface area contributed by atoms with Crippen LogP contribution in [0.5, 0.6) is 11.5 Å². The molecule has 0 aliphatic rings. The Hall–Kier alpha value is -3.43. The molecule has 11 heteroatoms. The van der Waals surface area contributed by atoms with Gasteiger partial charge < -0.3 is 30.1 Å². The van der Waals surface area contributed by atoms with Crippen molar-refractivity contribution in [3.05, 3.63) is 75.6 Å². The van der Waals surface area contributed by atoms with Crippen molar-refractivity contribution in [1.82, 2.24) is 9.13 Å². The molecule has 0 fully saturated rings. The minimum Gasteiger partial charge on any atom is -0.492 e. The van der Waals surface area contributed by atoms with Gasteiger partial charge in [-0.3, -0.25) is 16.2 Å². The van der Waals surface area contributed by atoms with Gasteiger partial charge in [-0.05, 0) is 49.2 Å². The number of ether oxygens (including phenoxy) is 2. The van der Waals surface area contributed by atoms with Crippen molar-refractivity contribution in [1.29, 1.82) is 16.2 Å². The predicted molar refractivity (Wildman–Crippen MR) is 133 cm³/mol. The van der Waals surface area contributed by atoms with Crippen molar-refractivity contribution in [3.63, 3.8) is 0 Å². The summed E-state index contributed by atoms with van der Waals surface area (Å²) >= 11 is 12.4. The minimum atomic E-state index is -0.0454. The third-order valence-corrected chi connectivity index (χ3v) is 5.65. The van der Waals surface area contributed by atoms with Crippen LogP contribution >= 0.6 is 23.2 Å². The lowest BCUT2D eigenvalue weighted by Crippen LogP contribution is -2.25. The fourth-order valence-corrected chi connectivity index (χ4v) is 3.70. The first-order valence-corrected chi connectivity index (χ1v) is 11.4. The van der Waals surface area contributed by atoms with E-state index >= 15 is 0 Å². The number of rotatable bonds is 12. The molecule has 180 valence electrons. The molecule has 2 aromatic carbocycles. The number of halogens is 2. The highest BCUT2D eigenvalue weighted by Gasteiger charge is 2.07. The first kappa shape index (κ1) is 25.2. The number of nitrogen functional groups attached to an aromatic ring is 2. The summed E-state index contributed by atoms with van der Waals surface area (Å²) in [5.41, 5.74) is 12.4. The van der Waals surface area contributed by atoms with Crippen LogP contribution in [0.25, 0.3) is 0 Å². The van der Waals surface area contributed by atoms with Crippen molar-refractivity contribution >= 4 is 34.9 Å². The molecule has 0 bridgehead atoms. The summed E-state index contributed by atoms with van der Waals surface area (Å²) in [4.78, 5) is 0. The van der Waals surface area contributed by atoms with Gasteiger partial charge in [0.2, 0.25) is 5.62 Å². The first-order valence-electron chi connectivity index (χ1n) is 10.6. The molecule has 3 aromatic rings. The average Bonchev–Trinajstić information content (AvgIpc) is 3.15. The van der Waals surface area contributed by atoms with Gasteiger partial charge in [-0.15, -0.1) is 0 Å². The molecule has 1 heterocycles. The summed E-state index contributed by atoms with van der Waals surface area (Å²) in [7, 11) is 0. The second kappa shape index (κ2) is 11.6. The van der Waals surface area contributed by atoms with Crippen LogP contribution in [-0.2, 0) is 13.1 Å². The molecule has 1 aromatic heterocycles. The lowest BCUT2D eigenvalue weighted by molar-refractivity contribution is 0.296. The number of aromatic nitrogens is 2. The van der Waals surface area contributed by atoms with Crippen LogP contribution in [-0.4, -0.2) is 34.0 Å². The molecular formula is C23H27Cl2N7O2. The number of imidazole rings is 1. The molecule has 0 saturated heterocycles. The summed E-state index contributed by atoms with van der Waals surface area (Å²) < 4.78 is 15.1. The number of hydrogen-bond acceptors (Lipinski definition) is 5. The van der Waals surface area contributed by atoms with E-state index in [0.29, 0.717) is 77.4 Å². The highest BCUT2D eigenvalue weighted by molar-refractivity contribution is 6.32. The third-order valence-electron chi connectivity index (χ3n) is 5.06. The Bertz CT molecular complexity index is 1140. The van der Waals surface area contributed by atoms with Crippen molar-refractivity contribution in [2.24, 2.45) is 11.5 Å². The number of amidine groups is 2. The second-order valence-electron chi connectivity index (χ2n) is 7.53. The number of nitrogens with zero attached hydrogens (tertiary/aromatic N) is 2. The highest BCUT2D eigenvalue weighted by atomic mass is 35.5. The normalized spacial score (nSPS) is 10.8. The number of nitrogens with one attached hydrogen (secondary N) is 3. The number of aryl methyl sites for hydroxylation is 2. The second-order valence-corrected chi connectivity index (χ2v) is 8.34. The largest absolute Gasteiger partial charge is 0.492 e. The Labute approximate surface area is 207 Å². The first-order chi connectivity index (χ1) is 16.3. The van der Waals surface area contributed by atoms with Crippen molar-refractivity contribution in [3.8, 4) is 11.5 Å². The topological polar surface area (TPSA) is 152 Å². The van der Waals surface area contributed by atoms with Crippen LogP contribution in [0.2, 0.25) is 10.0 Å². The number of nitrogens with two attached hydrogens (primary N) is 2. The Morgan fingerprint density at radius 1 is 0.765 bits per heavy atom. The van der Waals surface area contributed by atoms with E-state index in [9.17, 15) is 0 Å². The zero-order valence-electron chi connectivity index (χ0n) is 18.5. The summed E-state index contributed by atoms with van der Waals surface area (Å²) in [5, 5.41) is 24.1. The quantitative estimate of drug-likeness (QED) is 0.145. The van der Waals surface area contributed by atoms with Crippen molar-refractivity contribution < 1.29 is 9.47 Å². The lowest BCUT2D eigenvalue weighted by Gasteiger charge is -2.10. The Morgan fingerprint density at radius 2 is 1.18 bits per heavy atom. The van der Waals surface area contributed by atoms with Gasteiger partial charge in [0, 0.05) is 36.6 Å². The molecule has 0 radical (unpaired) electrons. The number of benzene rings is 2. The summed E-state index contributed by atoms with van der Waals surface area (Å²) in [6.45, 7) is 2.13. The van der Waals surface area contributed by atoms with E-state index in [1.807, 2.05) is 21.5 Å². The minimum absolute atomic E-state index is 0.0454. The van der Waals surface area contributed by atoms with Crippen LogP contribution in [0, 0.1) is 16.2 Å². The van der Waals surface area contributed by atoms with E-state index < -0.39 is 0 Å². The maximum absolute atomic E-state index is 8.36. The van der Waals surface area contributed by atoms with Gasteiger partial charge in [-0.1, -0.05) is 23.2 Å². The maximum atomic E-state index is 8.36. The summed E-state index contributed by atoms with van der Waals surface area (Å²) in [5.74, 6) is 0.986. The summed E-state index contributed by atoms with van der Waals surface area (Å²) in [6, 6.07) is 10.00. The van der Waals surface area contributed by atoms with Crippen molar-refractivity contribution in [2.75, 3.05) is 13.2 Å². The molecule has 0 atom stereocenters. The molecule has 7 N–H and O–H groups in total. The fourth-order valence-electron chi connectivity index (χ4n) is 3.23. The van der Waals surface area contributed by atoms with E-state index in [4.69, 9.17) is 60.4 Å². The highest BCUT2D eigenvalue weighted by Crippen LogP contribution is 2.26. The zero-order valence-corrected chi connectivity index (χ0v) is 20.0. The molecule has 9 nitrogen and oxygen atoms in total. The SMILES string of the molecule is N=C(N)c1ccc(OCCCn2ccn(CCCOc3ccc(C(=N)N)cc3Cl)c2=N)c(Cl)c1. The van der Waals surface area contributed by atoms with Crippen LogP contribution in [0.15, 0.2) is 48.8 Å². The zero-order chi connectivity index (χ0) is 24.7. The van der Waals surface area contributed by atoms with E-state index in [0.717, 1.165) is 0 Å². The van der Waals surface area contributed by atoms with Crippen LogP contribution in [0.1, 0.15) is 24.0 Å². The summed E-state index contributed by atoms with van der Waals surface area (Å²) in [6.07, 6.45) is 5.14. The molecule has 0 unspecified atom stereocenters. The standard InChI is InChI=1S/C23H27Cl2N7O2/c24-17-13-15(21(26)27)3-5-19(17)33-11-1-7-31-9-10-32(23(31)30)8-2-12-34-20-6-4-16(22(28)29)14-18(20)25/h3-6,9-10,13-14,30H,1-2,7-8,11-12H2,(H3,26,27)(H3,28,29). The van der Waals surface area contributed by atoms with Gasteiger partial charge in [-0.25, -0.2) is 0 Å². The van der Waals surface area contributed by atoms with E-state index in [1.165, 1.54) is 0 Å².